The number of nitrogens with zero attached hydrogens (tertiary/aromatic N) is 1. The van der Waals surface area contributed by atoms with E-state index in [9.17, 15) is 17.6 Å². The van der Waals surface area contributed by atoms with Crippen molar-refractivity contribution in [3.63, 3.8) is 0 Å². The van der Waals surface area contributed by atoms with Crippen molar-refractivity contribution in [3.8, 4) is 0 Å². The van der Waals surface area contributed by atoms with Gasteiger partial charge in [0.05, 0.1) is 17.5 Å². The maximum Gasteiger partial charge on any atom is 0.241 e. The van der Waals surface area contributed by atoms with Crippen molar-refractivity contribution in [2.75, 3.05) is 11.5 Å². The zero-order valence-electron chi connectivity index (χ0n) is 11.6. The highest BCUT2D eigenvalue weighted by atomic mass is 32.2. The highest BCUT2D eigenvalue weighted by Gasteiger charge is 2.45. The fourth-order valence-corrected chi connectivity index (χ4v) is 4.77. The number of nitrogens with one attached hydrogen (secondary N) is 1. The summed E-state index contributed by atoms with van der Waals surface area (Å²) in [5, 5.41) is 3.06. The molecule has 5 nitrogen and oxygen atoms in total. The van der Waals surface area contributed by atoms with Crippen LogP contribution in [0.4, 0.5) is 4.39 Å². The van der Waals surface area contributed by atoms with Crippen molar-refractivity contribution in [2.45, 2.75) is 31.6 Å². The summed E-state index contributed by atoms with van der Waals surface area (Å²) in [5.74, 6) is -0.536. The van der Waals surface area contributed by atoms with E-state index in [-0.39, 0.29) is 23.5 Å². The third-order valence-corrected chi connectivity index (χ3v) is 5.86. The fraction of sp³-hybridized carbons (Fsp3) is 0.500. The molecule has 3 unspecified atom stereocenters. The second-order valence-electron chi connectivity index (χ2n) is 5.61. The summed E-state index contributed by atoms with van der Waals surface area (Å²) in [6.45, 7) is 1.71. The van der Waals surface area contributed by atoms with E-state index in [2.05, 4.69) is 5.32 Å². The number of amides is 1. The summed E-state index contributed by atoms with van der Waals surface area (Å²) in [6.07, 6.45) is -0.194. The number of carbonyl (C=O) groups is 1. The molecule has 1 aromatic rings. The van der Waals surface area contributed by atoms with Gasteiger partial charge in [0.25, 0.3) is 0 Å². The van der Waals surface area contributed by atoms with Crippen LogP contribution >= 0.6 is 0 Å². The van der Waals surface area contributed by atoms with Gasteiger partial charge < -0.3 is 4.90 Å². The van der Waals surface area contributed by atoms with Crippen LogP contribution in [-0.4, -0.2) is 42.8 Å². The van der Waals surface area contributed by atoms with E-state index in [1.807, 2.05) is 0 Å². The minimum atomic E-state index is -3.10. The lowest BCUT2D eigenvalue weighted by molar-refractivity contribution is -0.131. The second kappa shape index (κ2) is 5.06. The van der Waals surface area contributed by atoms with Gasteiger partial charge in [-0.2, -0.15) is 0 Å². The van der Waals surface area contributed by atoms with Gasteiger partial charge in [0.15, 0.2) is 9.84 Å². The first-order chi connectivity index (χ1) is 9.89. The topological polar surface area (TPSA) is 66.5 Å². The maximum absolute atomic E-state index is 14.0. The van der Waals surface area contributed by atoms with Gasteiger partial charge in [0, 0.05) is 11.6 Å². The summed E-state index contributed by atoms with van der Waals surface area (Å²) in [6, 6.07) is 5.42. The smallest absolute Gasteiger partial charge is 0.241 e. The van der Waals surface area contributed by atoms with E-state index in [4.69, 9.17) is 0 Å². The number of hydrogen-bond donors (Lipinski definition) is 1. The molecular formula is C14H17FN2O3S. The Bertz CT molecular complexity index is 677. The van der Waals surface area contributed by atoms with Gasteiger partial charge >= 0.3 is 0 Å². The van der Waals surface area contributed by atoms with E-state index < -0.39 is 27.9 Å². The average Bonchev–Trinajstić information content (AvgIpc) is 2.91. The molecular weight excluding hydrogens is 295 g/mol. The van der Waals surface area contributed by atoms with Crippen LogP contribution < -0.4 is 5.32 Å². The number of sulfone groups is 1. The molecule has 0 bridgehead atoms. The Morgan fingerprint density at radius 2 is 2.05 bits per heavy atom. The van der Waals surface area contributed by atoms with E-state index in [0.717, 1.165) is 0 Å². The van der Waals surface area contributed by atoms with Crippen LogP contribution in [0.25, 0.3) is 0 Å². The molecule has 1 N–H and O–H groups in total. The summed E-state index contributed by atoms with van der Waals surface area (Å²) >= 11 is 0. The second-order valence-corrected chi connectivity index (χ2v) is 7.84. The van der Waals surface area contributed by atoms with Gasteiger partial charge in [-0.1, -0.05) is 18.2 Å². The molecule has 0 aromatic heterocycles. The molecule has 1 aromatic carbocycles. The summed E-state index contributed by atoms with van der Waals surface area (Å²) in [7, 11) is -3.10. The van der Waals surface area contributed by atoms with Crippen LogP contribution in [0.5, 0.6) is 0 Å². The molecule has 0 spiro atoms. The van der Waals surface area contributed by atoms with Crippen molar-refractivity contribution in [1.82, 2.24) is 10.2 Å². The number of rotatable bonds is 2. The third-order valence-electron chi connectivity index (χ3n) is 4.11. The summed E-state index contributed by atoms with van der Waals surface area (Å²) in [5.41, 5.74) is 0.375. The summed E-state index contributed by atoms with van der Waals surface area (Å²) < 4.78 is 37.3. The first-order valence-corrected chi connectivity index (χ1v) is 8.74. The Morgan fingerprint density at radius 3 is 2.67 bits per heavy atom. The Balaban J connectivity index is 1.96. The Labute approximate surface area is 123 Å². The summed E-state index contributed by atoms with van der Waals surface area (Å²) in [4.78, 5) is 13.9. The first kappa shape index (κ1) is 14.5. The Kier molecular flexibility index (Phi) is 3.49. The zero-order valence-corrected chi connectivity index (χ0v) is 12.4. The largest absolute Gasteiger partial charge is 0.317 e. The van der Waals surface area contributed by atoms with Crippen molar-refractivity contribution < 1.29 is 17.6 Å². The van der Waals surface area contributed by atoms with Crippen LogP contribution in [-0.2, 0) is 14.6 Å². The standard InChI is InChI=1S/C14H17FN2O3S/c1-9-14(18)17(10-6-7-21(19,20)8-10)13(16-9)11-4-2-3-5-12(11)15/h2-5,9-10,13,16H,6-8H2,1H3. The molecule has 114 valence electrons. The number of benzene rings is 1. The van der Waals surface area contributed by atoms with E-state index in [0.29, 0.717) is 12.0 Å². The van der Waals surface area contributed by atoms with Crippen LogP contribution in [0.1, 0.15) is 25.1 Å². The Morgan fingerprint density at radius 1 is 1.33 bits per heavy atom. The number of halogens is 1. The molecule has 2 aliphatic rings. The molecule has 2 fully saturated rings. The average molecular weight is 312 g/mol. The maximum atomic E-state index is 14.0. The molecule has 2 heterocycles. The lowest BCUT2D eigenvalue weighted by atomic mass is 10.1. The molecule has 0 saturated carbocycles. The number of hydrogen-bond acceptors (Lipinski definition) is 4. The molecule has 7 heteroatoms. The van der Waals surface area contributed by atoms with Crippen LogP contribution in [0.3, 0.4) is 0 Å². The fourth-order valence-electron chi connectivity index (χ4n) is 3.06. The van der Waals surface area contributed by atoms with Gasteiger partial charge in [0.1, 0.15) is 12.0 Å². The van der Waals surface area contributed by atoms with Crippen molar-refractivity contribution >= 4 is 15.7 Å². The zero-order chi connectivity index (χ0) is 15.2. The molecule has 3 rings (SSSR count). The predicted octanol–water partition coefficient (Wildman–Crippen LogP) is 0.832. The highest BCUT2D eigenvalue weighted by molar-refractivity contribution is 7.91. The molecule has 21 heavy (non-hydrogen) atoms. The van der Waals surface area contributed by atoms with E-state index in [1.54, 1.807) is 25.1 Å². The first-order valence-electron chi connectivity index (χ1n) is 6.92. The van der Waals surface area contributed by atoms with E-state index >= 15 is 0 Å². The molecule has 2 saturated heterocycles. The molecule has 0 aliphatic carbocycles. The quantitative estimate of drug-likeness (QED) is 0.878. The lowest BCUT2D eigenvalue weighted by Gasteiger charge is -2.29. The van der Waals surface area contributed by atoms with Gasteiger partial charge in [-0.05, 0) is 19.4 Å². The van der Waals surface area contributed by atoms with Crippen molar-refractivity contribution in [1.29, 1.82) is 0 Å². The predicted molar refractivity (Wildman–Crippen MR) is 75.6 cm³/mol. The Hall–Kier alpha value is -1.47. The van der Waals surface area contributed by atoms with Crippen molar-refractivity contribution in [2.24, 2.45) is 0 Å². The van der Waals surface area contributed by atoms with Crippen LogP contribution in [0.2, 0.25) is 0 Å². The van der Waals surface area contributed by atoms with Gasteiger partial charge in [-0.3, -0.25) is 10.1 Å². The lowest BCUT2D eigenvalue weighted by Crippen LogP contribution is -2.41. The minimum Gasteiger partial charge on any atom is -0.317 e. The van der Waals surface area contributed by atoms with Gasteiger partial charge in [0.2, 0.25) is 5.91 Å². The SMILES string of the molecule is CC1NC(c2ccccc2F)N(C2CCS(=O)(=O)C2)C1=O. The van der Waals surface area contributed by atoms with Crippen LogP contribution in [0, 0.1) is 5.82 Å². The number of carbonyl (C=O) groups excluding carboxylic acids is 1. The molecule has 3 atom stereocenters. The molecule has 2 aliphatic heterocycles. The van der Waals surface area contributed by atoms with Crippen molar-refractivity contribution in [3.05, 3.63) is 35.6 Å². The normalized spacial score (nSPS) is 31.8. The van der Waals surface area contributed by atoms with Gasteiger partial charge in [-0.15, -0.1) is 0 Å². The van der Waals surface area contributed by atoms with Crippen LogP contribution in [0.15, 0.2) is 24.3 Å². The monoisotopic (exact) mass is 312 g/mol. The van der Waals surface area contributed by atoms with E-state index in [1.165, 1.54) is 11.0 Å². The third kappa shape index (κ3) is 2.55. The highest BCUT2D eigenvalue weighted by Crippen LogP contribution is 2.32. The molecule has 0 radical (unpaired) electrons. The minimum absolute atomic E-state index is 0.0436. The molecule has 1 amide bonds. The van der Waals surface area contributed by atoms with Gasteiger partial charge in [-0.25, -0.2) is 12.8 Å².